The Morgan fingerprint density at radius 1 is 1.47 bits per heavy atom. The predicted molar refractivity (Wildman–Crippen MR) is 79.3 cm³/mol. The van der Waals surface area contributed by atoms with Gasteiger partial charge in [0.25, 0.3) is 0 Å². The van der Waals surface area contributed by atoms with Gasteiger partial charge in [0.1, 0.15) is 0 Å². The number of hydrogen-bond donors (Lipinski definition) is 1. The third kappa shape index (κ3) is 4.41. The zero-order valence-electron chi connectivity index (χ0n) is 11.0. The number of halogens is 1. The van der Waals surface area contributed by atoms with Crippen LogP contribution in [-0.4, -0.2) is 42.0 Å². The average Bonchev–Trinajstić information content (AvgIpc) is 2.45. The standard InChI is InChI=1S/C15H20BrNO2/c16-14-5-1-4-13(9-14)15(19)6-8-17-7-2-3-12(10-17)11-18/h1,4-5,9,12,18H,2-3,6-8,10-11H2. The first-order valence-corrected chi connectivity index (χ1v) is 7.60. The summed E-state index contributed by atoms with van der Waals surface area (Å²) >= 11 is 3.38. The second-order valence-corrected chi connectivity index (χ2v) is 6.09. The first-order chi connectivity index (χ1) is 9.19. The Morgan fingerprint density at radius 2 is 2.32 bits per heavy atom. The highest BCUT2D eigenvalue weighted by Gasteiger charge is 2.19. The molecule has 1 fully saturated rings. The Kier molecular flexibility index (Phi) is 5.55. The number of likely N-dealkylation sites (tertiary alicyclic amines) is 1. The van der Waals surface area contributed by atoms with E-state index in [9.17, 15) is 9.90 Å². The number of nitrogens with zero attached hydrogens (tertiary/aromatic N) is 1. The molecule has 1 unspecified atom stereocenters. The van der Waals surface area contributed by atoms with Gasteiger partial charge in [-0.15, -0.1) is 0 Å². The second-order valence-electron chi connectivity index (χ2n) is 5.17. The second kappa shape index (κ2) is 7.17. The van der Waals surface area contributed by atoms with E-state index in [-0.39, 0.29) is 12.4 Å². The van der Waals surface area contributed by atoms with E-state index in [4.69, 9.17) is 0 Å². The Hall–Kier alpha value is -0.710. The van der Waals surface area contributed by atoms with Crippen LogP contribution in [0.1, 0.15) is 29.6 Å². The molecule has 3 nitrogen and oxygen atoms in total. The Balaban J connectivity index is 1.83. The van der Waals surface area contributed by atoms with Gasteiger partial charge in [-0.3, -0.25) is 4.79 Å². The molecule has 1 heterocycles. The van der Waals surface area contributed by atoms with Crippen LogP contribution in [0.3, 0.4) is 0 Å². The van der Waals surface area contributed by atoms with Gasteiger partial charge >= 0.3 is 0 Å². The van der Waals surface area contributed by atoms with Gasteiger partial charge in [-0.05, 0) is 37.4 Å². The van der Waals surface area contributed by atoms with Crippen molar-refractivity contribution in [2.75, 3.05) is 26.2 Å². The first kappa shape index (κ1) is 14.7. The van der Waals surface area contributed by atoms with E-state index >= 15 is 0 Å². The fourth-order valence-electron chi connectivity index (χ4n) is 2.57. The summed E-state index contributed by atoms with van der Waals surface area (Å²) in [5.74, 6) is 0.571. The molecule has 1 aliphatic heterocycles. The van der Waals surface area contributed by atoms with E-state index in [2.05, 4.69) is 20.8 Å². The summed E-state index contributed by atoms with van der Waals surface area (Å²) in [7, 11) is 0. The lowest BCUT2D eigenvalue weighted by Gasteiger charge is -2.31. The molecule has 2 rings (SSSR count). The van der Waals surface area contributed by atoms with Crippen LogP contribution in [0.2, 0.25) is 0 Å². The zero-order chi connectivity index (χ0) is 13.7. The number of ketones is 1. The Bertz CT molecular complexity index is 436. The van der Waals surface area contributed by atoms with Crippen molar-refractivity contribution in [3.8, 4) is 0 Å². The van der Waals surface area contributed by atoms with Crippen molar-refractivity contribution in [3.05, 3.63) is 34.3 Å². The molecule has 1 saturated heterocycles. The van der Waals surface area contributed by atoms with Gasteiger partial charge in [0.15, 0.2) is 5.78 Å². The molecule has 0 spiro atoms. The minimum Gasteiger partial charge on any atom is -0.396 e. The number of rotatable bonds is 5. The predicted octanol–water partition coefficient (Wildman–Crippen LogP) is 2.73. The van der Waals surface area contributed by atoms with Crippen LogP contribution in [0.4, 0.5) is 0 Å². The van der Waals surface area contributed by atoms with Crippen LogP contribution in [0.15, 0.2) is 28.7 Å². The van der Waals surface area contributed by atoms with E-state index in [1.165, 1.54) is 0 Å². The summed E-state index contributed by atoms with van der Waals surface area (Å²) in [6.07, 6.45) is 2.78. The van der Waals surface area contributed by atoms with E-state index < -0.39 is 0 Å². The van der Waals surface area contributed by atoms with Crippen molar-refractivity contribution in [3.63, 3.8) is 0 Å². The molecular weight excluding hydrogens is 306 g/mol. The molecule has 1 aromatic rings. The number of piperidine rings is 1. The molecule has 0 bridgehead atoms. The van der Waals surface area contributed by atoms with Gasteiger partial charge < -0.3 is 10.0 Å². The van der Waals surface area contributed by atoms with Crippen LogP contribution >= 0.6 is 15.9 Å². The molecule has 1 aromatic carbocycles. The molecule has 1 N–H and O–H groups in total. The summed E-state index contributed by atoms with van der Waals surface area (Å²) in [5.41, 5.74) is 0.769. The summed E-state index contributed by atoms with van der Waals surface area (Å²) in [5, 5.41) is 9.20. The fourth-order valence-corrected chi connectivity index (χ4v) is 2.97. The van der Waals surface area contributed by atoms with Crippen LogP contribution in [0, 0.1) is 5.92 Å². The summed E-state index contributed by atoms with van der Waals surface area (Å²) in [6, 6.07) is 7.54. The van der Waals surface area contributed by atoms with Crippen LogP contribution < -0.4 is 0 Å². The molecule has 0 amide bonds. The monoisotopic (exact) mass is 325 g/mol. The highest BCUT2D eigenvalue weighted by Crippen LogP contribution is 2.17. The number of aliphatic hydroxyl groups excluding tert-OH is 1. The lowest BCUT2D eigenvalue weighted by molar-refractivity contribution is 0.0917. The fraction of sp³-hybridized carbons (Fsp3) is 0.533. The maximum atomic E-state index is 12.1. The molecule has 4 heteroatoms. The lowest BCUT2D eigenvalue weighted by Crippen LogP contribution is -2.37. The number of hydrogen-bond acceptors (Lipinski definition) is 3. The van der Waals surface area contributed by atoms with Crippen molar-refractivity contribution in [2.24, 2.45) is 5.92 Å². The summed E-state index contributed by atoms with van der Waals surface area (Å²) < 4.78 is 0.941. The third-order valence-electron chi connectivity index (χ3n) is 3.66. The maximum Gasteiger partial charge on any atom is 0.164 e. The number of carbonyl (C=O) groups excluding carboxylic acids is 1. The highest BCUT2D eigenvalue weighted by atomic mass is 79.9. The number of carbonyl (C=O) groups is 1. The number of benzene rings is 1. The first-order valence-electron chi connectivity index (χ1n) is 6.81. The number of Topliss-reactive ketones (excluding diaryl/α,β-unsaturated/α-hetero) is 1. The average molecular weight is 326 g/mol. The van der Waals surface area contributed by atoms with Gasteiger partial charge in [0.2, 0.25) is 0 Å². The van der Waals surface area contributed by atoms with Gasteiger partial charge in [-0.2, -0.15) is 0 Å². The van der Waals surface area contributed by atoms with Gasteiger partial charge in [0.05, 0.1) is 0 Å². The van der Waals surface area contributed by atoms with Crippen LogP contribution in [0.25, 0.3) is 0 Å². The molecule has 19 heavy (non-hydrogen) atoms. The number of aliphatic hydroxyl groups is 1. The van der Waals surface area contributed by atoms with Gasteiger partial charge in [-0.25, -0.2) is 0 Å². The quantitative estimate of drug-likeness (QED) is 0.846. The van der Waals surface area contributed by atoms with E-state index in [0.717, 1.165) is 42.5 Å². The molecule has 104 valence electrons. The van der Waals surface area contributed by atoms with Crippen molar-refractivity contribution in [2.45, 2.75) is 19.3 Å². The zero-order valence-corrected chi connectivity index (χ0v) is 12.6. The van der Waals surface area contributed by atoms with Crippen LogP contribution in [0.5, 0.6) is 0 Å². The van der Waals surface area contributed by atoms with Crippen molar-refractivity contribution in [1.82, 2.24) is 4.90 Å². The largest absolute Gasteiger partial charge is 0.396 e. The highest BCUT2D eigenvalue weighted by molar-refractivity contribution is 9.10. The molecule has 1 aliphatic rings. The topological polar surface area (TPSA) is 40.5 Å². The van der Waals surface area contributed by atoms with E-state index in [1.807, 2.05) is 24.3 Å². The van der Waals surface area contributed by atoms with E-state index in [1.54, 1.807) is 0 Å². The van der Waals surface area contributed by atoms with Gasteiger partial charge in [-0.1, -0.05) is 28.1 Å². The minimum absolute atomic E-state index is 0.187. The molecule has 0 aliphatic carbocycles. The smallest absolute Gasteiger partial charge is 0.164 e. The van der Waals surface area contributed by atoms with Gasteiger partial charge in [0, 0.05) is 36.2 Å². The normalized spacial score (nSPS) is 20.4. The minimum atomic E-state index is 0.187. The molecule has 0 aromatic heterocycles. The Labute approximate surface area is 122 Å². The lowest BCUT2D eigenvalue weighted by atomic mass is 9.98. The van der Waals surface area contributed by atoms with Crippen molar-refractivity contribution < 1.29 is 9.90 Å². The van der Waals surface area contributed by atoms with Crippen molar-refractivity contribution in [1.29, 1.82) is 0 Å². The molecular formula is C15H20BrNO2. The maximum absolute atomic E-state index is 12.1. The Morgan fingerprint density at radius 3 is 3.05 bits per heavy atom. The third-order valence-corrected chi connectivity index (χ3v) is 4.16. The van der Waals surface area contributed by atoms with Crippen molar-refractivity contribution >= 4 is 21.7 Å². The summed E-state index contributed by atoms with van der Waals surface area (Å²) in [6.45, 7) is 3.02. The molecule has 0 saturated carbocycles. The molecule has 1 atom stereocenters. The summed E-state index contributed by atoms with van der Waals surface area (Å²) in [4.78, 5) is 14.4. The SMILES string of the molecule is O=C(CCN1CCCC(CO)C1)c1cccc(Br)c1. The van der Waals surface area contributed by atoms with E-state index in [0.29, 0.717) is 12.3 Å². The molecule has 0 radical (unpaired) electrons. The van der Waals surface area contributed by atoms with Crippen LogP contribution in [-0.2, 0) is 0 Å².